The Morgan fingerprint density at radius 3 is 2.23 bits per heavy atom. The summed E-state index contributed by atoms with van der Waals surface area (Å²) < 4.78 is 6.21. The van der Waals surface area contributed by atoms with Gasteiger partial charge in [0.25, 0.3) is 0 Å². The van der Waals surface area contributed by atoms with E-state index in [9.17, 15) is 9.59 Å². The first-order chi connectivity index (χ1) is 15.0. The number of benzene rings is 4. The first-order valence-electron chi connectivity index (χ1n) is 10.2. The molecule has 0 radical (unpaired) electrons. The van der Waals surface area contributed by atoms with Gasteiger partial charge in [0, 0.05) is 10.9 Å². The molecular weight excluding hydrogens is 392 g/mol. The van der Waals surface area contributed by atoms with Crippen LogP contribution in [0.1, 0.15) is 50.8 Å². The molecule has 4 aromatic rings. The molecule has 1 heterocycles. The Hall–Kier alpha value is -3.86. The predicted octanol–water partition coefficient (Wildman–Crippen LogP) is 5.85. The van der Waals surface area contributed by atoms with Gasteiger partial charge in [-0.1, -0.05) is 48.5 Å². The second-order valence-electron chi connectivity index (χ2n) is 7.81. The van der Waals surface area contributed by atoms with E-state index in [-0.39, 0.29) is 11.1 Å². The number of carboxylic acid groups (broad SMARTS) is 2. The maximum Gasteiger partial charge on any atom is 0.336 e. The van der Waals surface area contributed by atoms with E-state index in [1.165, 1.54) is 69.8 Å². The number of aryl methyl sites for hydroxylation is 1. The third kappa shape index (κ3) is 3.19. The molecule has 5 heteroatoms. The Kier molecular flexibility index (Phi) is 4.59. The van der Waals surface area contributed by atoms with Gasteiger partial charge in [-0.25, -0.2) is 9.59 Å². The number of carbonyl (C=O) groups is 2. The van der Waals surface area contributed by atoms with Crippen molar-refractivity contribution in [2.45, 2.75) is 25.4 Å². The first-order valence-corrected chi connectivity index (χ1v) is 10.2. The zero-order valence-corrected chi connectivity index (χ0v) is 16.7. The molecule has 1 aliphatic carbocycles. The normalized spacial score (nSPS) is 15.8. The molecule has 2 aliphatic rings. The van der Waals surface area contributed by atoms with E-state index >= 15 is 0 Å². The molecular formula is C26H20O5. The van der Waals surface area contributed by atoms with Crippen molar-refractivity contribution in [2.75, 3.05) is 0 Å². The van der Waals surface area contributed by atoms with Crippen LogP contribution in [0.5, 0.6) is 5.75 Å². The fraction of sp³-hybridized carbons (Fsp3) is 0.154. The highest BCUT2D eigenvalue weighted by Gasteiger charge is 2.31. The van der Waals surface area contributed by atoms with Crippen molar-refractivity contribution < 1.29 is 24.5 Å². The Morgan fingerprint density at radius 2 is 1.52 bits per heavy atom. The van der Waals surface area contributed by atoms with Crippen LogP contribution in [0.2, 0.25) is 0 Å². The molecule has 31 heavy (non-hydrogen) atoms. The third-order valence-electron chi connectivity index (χ3n) is 6.01. The highest BCUT2D eigenvalue weighted by molar-refractivity contribution is 6.12. The molecule has 0 bridgehead atoms. The van der Waals surface area contributed by atoms with Gasteiger partial charge < -0.3 is 14.9 Å². The summed E-state index contributed by atoms with van der Waals surface area (Å²) in [5, 5.41) is 22.5. The molecule has 4 aromatic carbocycles. The van der Waals surface area contributed by atoms with Gasteiger partial charge in [0.2, 0.25) is 0 Å². The standard InChI is InChI=1S/C18H14O.C8H6O4/c1-2-6-13-12(4-1)10-16-18-14(13)9-8-11-5-3-7-15(19-16)17(11)18;9-7(10)5-3-1-2-4-6(5)8(11)12/h1-2,4,6,8-10,15H,3,5,7H2;1-4H,(H,9,10)(H,11,12). The monoisotopic (exact) mass is 412 g/mol. The third-order valence-corrected chi connectivity index (χ3v) is 6.01. The van der Waals surface area contributed by atoms with E-state index in [0.29, 0.717) is 6.10 Å². The second-order valence-corrected chi connectivity index (χ2v) is 7.81. The maximum absolute atomic E-state index is 10.5. The van der Waals surface area contributed by atoms with E-state index in [2.05, 4.69) is 42.5 Å². The van der Waals surface area contributed by atoms with Crippen LogP contribution in [-0.2, 0) is 6.42 Å². The summed E-state index contributed by atoms with van der Waals surface area (Å²) in [6, 6.07) is 20.9. The summed E-state index contributed by atoms with van der Waals surface area (Å²) in [6.07, 6.45) is 3.92. The van der Waals surface area contributed by atoms with E-state index in [1.54, 1.807) is 0 Å². The summed E-state index contributed by atoms with van der Waals surface area (Å²) in [4.78, 5) is 20.9. The smallest absolute Gasteiger partial charge is 0.336 e. The Balaban J connectivity index is 0.000000149. The van der Waals surface area contributed by atoms with Gasteiger partial charge in [-0.15, -0.1) is 0 Å². The number of ether oxygens (including phenoxy) is 1. The fourth-order valence-electron chi connectivity index (χ4n) is 4.66. The minimum Gasteiger partial charge on any atom is -0.485 e. The SMILES string of the molecule is O=C(O)c1ccccc1C(=O)O.c1ccc2c(c1)cc1c3c4c(ccc32)CCCC4O1. The largest absolute Gasteiger partial charge is 0.485 e. The van der Waals surface area contributed by atoms with Crippen molar-refractivity contribution >= 4 is 33.5 Å². The summed E-state index contributed by atoms with van der Waals surface area (Å²) in [6.45, 7) is 0. The van der Waals surface area contributed by atoms with Crippen molar-refractivity contribution in [1.82, 2.24) is 0 Å². The average molecular weight is 412 g/mol. The number of rotatable bonds is 2. The van der Waals surface area contributed by atoms with Gasteiger partial charge >= 0.3 is 11.9 Å². The molecule has 154 valence electrons. The molecule has 1 aliphatic heterocycles. The highest BCUT2D eigenvalue weighted by Crippen LogP contribution is 2.49. The number of carboxylic acids is 2. The average Bonchev–Trinajstić information content (AvgIpc) is 3.16. The number of fused-ring (bicyclic) bond motifs is 2. The number of hydrogen-bond donors (Lipinski definition) is 2. The minimum absolute atomic E-state index is 0.190. The molecule has 2 N–H and O–H groups in total. The summed E-state index contributed by atoms with van der Waals surface area (Å²) in [5.41, 5.74) is 2.59. The van der Waals surface area contributed by atoms with Crippen molar-refractivity contribution in [1.29, 1.82) is 0 Å². The second kappa shape index (κ2) is 7.43. The molecule has 5 nitrogen and oxygen atoms in total. The molecule has 0 saturated heterocycles. The molecule has 6 rings (SSSR count). The van der Waals surface area contributed by atoms with Crippen molar-refractivity contribution in [2.24, 2.45) is 0 Å². The lowest BCUT2D eigenvalue weighted by Crippen LogP contribution is -2.10. The van der Waals surface area contributed by atoms with Crippen LogP contribution in [0.3, 0.4) is 0 Å². The Bertz CT molecular complexity index is 1320. The van der Waals surface area contributed by atoms with Gasteiger partial charge in [-0.2, -0.15) is 0 Å². The summed E-state index contributed by atoms with van der Waals surface area (Å²) >= 11 is 0. The summed E-state index contributed by atoms with van der Waals surface area (Å²) in [7, 11) is 0. The van der Waals surface area contributed by atoms with Gasteiger partial charge in [0.05, 0.1) is 11.1 Å². The van der Waals surface area contributed by atoms with E-state index in [4.69, 9.17) is 14.9 Å². The van der Waals surface area contributed by atoms with E-state index < -0.39 is 11.9 Å². The maximum atomic E-state index is 10.5. The van der Waals surface area contributed by atoms with Crippen molar-refractivity contribution in [3.05, 3.63) is 89.0 Å². The van der Waals surface area contributed by atoms with Crippen LogP contribution in [0.25, 0.3) is 21.5 Å². The van der Waals surface area contributed by atoms with Crippen LogP contribution in [0.15, 0.2) is 66.7 Å². The molecule has 1 unspecified atom stereocenters. The first kappa shape index (κ1) is 19.1. The molecule has 0 saturated carbocycles. The highest BCUT2D eigenvalue weighted by atomic mass is 16.5. The van der Waals surface area contributed by atoms with Crippen molar-refractivity contribution in [3.8, 4) is 5.75 Å². The van der Waals surface area contributed by atoms with Gasteiger partial charge in [0.1, 0.15) is 11.9 Å². The zero-order valence-electron chi connectivity index (χ0n) is 16.7. The number of hydrogen-bond acceptors (Lipinski definition) is 3. The van der Waals surface area contributed by atoms with Gasteiger partial charge in [-0.3, -0.25) is 0 Å². The van der Waals surface area contributed by atoms with Crippen molar-refractivity contribution in [3.63, 3.8) is 0 Å². The van der Waals surface area contributed by atoms with Crippen LogP contribution in [0, 0.1) is 0 Å². The van der Waals surface area contributed by atoms with Crippen LogP contribution in [0.4, 0.5) is 0 Å². The molecule has 0 fully saturated rings. The van der Waals surface area contributed by atoms with Crippen LogP contribution >= 0.6 is 0 Å². The van der Waals surface area contributed by atoms with Gasteiger partial charge in [0.15, 0.2) is 0 Å². The fourth-order valence-corrected chi connectivity index (χ4v) is 4.66. The predicted molar refractivity (Wildman–Crippen MR) is 118 cm³/mol. The Morgan fingerprint density at radius 1 is 0.839 bits per heavy atom. The molecule has 0 amide bonds. The zero-order chi connectivity index (χ0) is 21.5. The molecule has 1 atom stereocenters. The lowest BCUT2D eigenvalue weighted by Gasteiger charge is -2.20. The molecule has 0 spiro atoms. The minimum atomic E-state index is -1.23. The summed E-state index contributed by atoms with van der Waals surface area (Å²) in [5.74, 6) is -1.36. The quantitative estimate of drug-likeness (QED) is 0.404. The Labute approximate surface area is 178 Å². The molecule has 0 aromatic heterocycles. The van der Waals surface area contributed by atoms with Gasteiger partial charge in [-0.05, 0) is 59.2 Å². The van der Waals surface area contributed by atoms with E-state index in [0.717, 1.165) is 12.2 Å². The van der Waals surface area contributed by atoms with Crippen LogP contribution < -0.4 is 4.74 Å². The number of aromatic carboxylic acids is 2. The lowest BCUT2D eigenvalue weighted by atomic mass is 9.86. The lowest BCUT2D eigenvalue weighted by molar-refractivity contribution is 0.0651. The van der Waals surface area contributed by atoms with E-state index in [1.807, 2.05) is 0 Å². The van der Waals surface area contributed by atoms with Crippen LogP contribution in [-0.4, -0.2) is 22.2 Å². The topological polar surface area (TPSA) is 83.8 Å².